The van der Waals surface area contributed by atoms with E-state index < -0.39 is 41.1 Å². The normalized spacial score (nSPS) is 29.8. The molecule has 1 N–H and O–H groups in total. The Bertz CT molecular complexity index is 862. The summed E-state index contributed by atoms with van der Waals surface area (Å²) < 4.78 is 11.8. The van der Waals surface area contributed by atoms with Crippen molar-refractivity contribution in [2.45, 2.75) is 83.6 Å². The van der Waals surface area contributed by atoms with E-state index in [4.69, 9.17) is 9.47 Å². The van der Waals surface area contributed by atoms with Crippen LogP contribution in [0.25, 0.3) is 0 Å². The Balaban J connectivity index is 2.03. The van der Waals surface area contributed by atoms with Crippen molar-refractivity contribution in [1.82, 2.24) is 9.80 Å². The van der Waals surface area contributed by atoms with Gasteiger partial charge in [-0.2, -0.15) is 0 Å². The largest absolute Gasteiger partial charge is 0.461 e. The molecule has 0 aromatic carbocycles. The molecule has 3 aliphatic heterocycles. The van der Waals surface area contributed by atoms with Crippen molar-refractivity contribution in [1.29, 1.82) is 0 Å². The Kier molecular flexibility index (Phi) is 7.87. The molecule has 8 heteroatoms. The summed E-state index contributed by atoms with van der Waals surface area (Å²) in [5, 5.41) is 9.50. The fourth-order valence-corrected chi connectivity index (χ4v) is 6.72. The summed E-state index contributed by atoms with van der Waals surface area (Å²) in [6.07, 6.45) is 4.92. The number of fused-ring (bicyclic) bond motifs is 1. The summed E-state index contributed by atoms with van der Waals surface area (Å²) in [5.74, 6) is -2.48. The molecule has 196 valence electrons. The number of hydrogen-bond acceptors (Lipinski definition) is 6. The van der Waals surface area contributed by atoms with E-state index in [1.54, 1.807) is 15.9 Å². The van der Waals surface area contributed by atoms with Crippen molar-refractivity contribution in [2.75, 3.05) is 26.3 Å². The molecule has 0 radical (unpaired) electrons. The molecule has 3 heterocycles. The summed E-state index contributed by atoms with van der Waals surface area (Å²) in [6, 6.07) is -0.868. The first-order valence-corrected chi connectivity index (χ1v) is 12.6. The summed E-state index contributed by atoms with van der Waals surface area (Å²) >= 11 is 0. The van der Waals surface area contributed by atoms with Gasteiger partial charge in [0.15, 0.2) is 0 Å². The maximum absolute atomic E-state index is 14.4. The van der Waals surface area contributed by atoms with Gasteiger partial charge in [-0.05, 0) is 44.9 Å². The van der Waals surface area contributed by atoms with Crippen LogP contribution in [0.4, 0.5) is 0 Å². The topological polar surface area (TPSA) is 96.4 Å². The molecule has 3 aliphatic rings. The Morgan fingerprint density at radius 1 is 1.26 bits per heavy atom. The van der Waals surface area contributed by atoms with Gasteiger partial charge in [0.05, 0.1) is 17.9 Å². The second-order valence-electron chi connectivity index (χ2n) is 11.9. The van der Waals surface area contributed by atoms with Crippen LogP contribution in [0.1, 0.15) is 60.3 Å². The van der Waals surface area contributed by atoms with Crippen LogP contribution in [-0.2, 0) is 23.9 Å². The number of carbonyl (C=O) groups is 3. The van der Waals surface area contributed by atoms with Crippen molar-refractivity contribution < 1.29 is 29.0 Å². The number of nitrogens with zero attached hydrogens (tertiary/aromatic N) is 2. The van der Waals surface area contributed by atoms with Crippen LogP contribution in [0.5, 0.6) is 0 Å². The first-order valence-electron chi connectivity index (χ1n) is 12.6. The van der Waals surface area contributed by atoms with Crippen LogP contribution in [0.3, 0.4) is 0 Å². The zero-order chi connectivity index (χ0) is 26.2. The monoisotopic (exact) mass is 490 g/mol. The van der Waals surface area contributed by atoms with Crippen LogP contribution < -0.4 is 0 Å². The number of carbonyl (C=O) groups excluding carboxylic acids is 3. The molecule has 3 fully saturated rings. The van der Waals surface area contributed by atoms with Crippen molar-refractivity contribution in [3.8, 4) is 0 Å². The number of aliphatic hydroxyl groups is 1. The van der Waals surface area contributed by atoms with Gasteiger partial charge in [0.25, 0.3) is 0 Å². The third-order valence-corrected chi connectivity index (χ3v) is 7.48. The van der Waals surface area contributed by atoms with Gasteiger partial charge in [-0.1, -0.05) is 39.5 Å². The zero-order valence-electron chi connectivity index (χ0n) is 21.9. The van der Waals surface area contributed by atoms with E-state index in [9.17, 15) is 19.5 Å². The zero-order valence-corrected chi connectivity index (χ0v) is 21.9. The molecule has 2 unspecified atom stereocenters. The van der Waals surface area contributed by atoms with Gasteiger partial charge in [0, 0.05) is 25.2 Å². The standard InChI is InChI=1S/C27H42N2O6/c1-8-13-29(26(6,7)17-25(3,4)5)23(32)21-27-12-11-18(35-27)19(24(33)34-16-9-2)20(27)22(31)28(21)14-10-15-30/h8-9,18-21,30H,1-2,10-17H2,3-7H3/t18-,19+,20+,21?,27?/m1/s1. The van der Waals surface area contributed by atoms with Crippen molar-refractivity contribution in [3.63, 3.8) is 0 Å². The highest BCUT2D eigenvalue weighted by atomic mass is 16.6. The number of esters is 1. The molecule has 3 rings (SSSR count). The lowest BCUT2D eigenvalue weighted by atomic mass is 9.70. The predicted molar refractivity (Wildman–Crippen MR) is 132 cm³/mol. The van der Waals surface area contributed by atoms with Gasteiger partial charge in [0.1, 0.15) is 18.2 Å². The minimum atomic E-state index is -1.08. The molecule has 2 amide bonds. The highest BCUT2D eigenvalue weighted by Gasteiger charge is 2.75. The number of ether oxygens (including phenoxy) is 2. The van der Waals surface area contributed by atoms with Gasteiger partial charge >= 0.3 is 5.97 Å². The van der Waals surface area contributed by atoms with Gasteiger partial charge in [-0.25, -0.2) is 0 Å². The summed E-state index contributed by atoms with van der Waals surface area (Å²) in [7, 11) is 0. The second kappa shape index (κ2) is 10.1. The van der Waals surface area contributed by atoms with Gasteiger partial charge in [-0.15, -0.1) is 6.58 Å². The average Bonchev–Trinajstić information content (AvgIpc) is 3.39. The minimum Gasteiger partial charge on any atom is -0.461 e. The molecule has 0 aliphatic carbocycles. The molecule has 1 spiro atoms. The number of hydrogen-bond donors (Lipinski definition) is 1. The van der Waals surface area contributed by atoms with E-state index in [0.29, 0.717) is 25.8 Å². The van der Waals surface area contributed by atoms with Crippen molar-refractivity contribution >= 4 is 17.8 Å². The lowest BCUT2D eigenvalue weighted by molar-refractivity contribution is -0.155. The SMILES string of the molecule is C=CCOC(=O)[C@@H]1[C@H]2C(=O)N(CCCO)C(C(=O)N(CC=C)C(C)(C)CC(C)(C)C)C23CC[C@H]1O3. The number of rotatable bonds is 11. The Labute approximate surface area is 209 Å². The van der Waals surface area contributed by atoms with Crippen LogP contribution in [0, 0.1) is 17.3 Å². The molecule has 0 saturated carbocycles. The lowest BCUT2D eigenvalue weighted by Gasteiger charge is -2.45. The molecule has 3 saturated heterocycles. The van der Waals surface area contributed by atoms with E-state index in [2.05, 4.69) is 33.9 Å². The second-order valence-corrected chi connectivity index (χ2v) is 11.9. The Morgan fingerprint density at radius 3 is 2.51 bits per heavy atom. The summed E-state index contributed by atoms with van der Waals surface area (Å²) in [4.78, 5) is 44.5. The van der Waals surface area contributed by atoms with Crippen molar-refractivity contribution in [2.24, 2.45) is 17.3 Å². The van der Waals surface area contributed by atoms with E-state index >= 15 is 0 Å². The summed E-state index contributed by atoms with van der Waals surface area (Å²) in [6.45, 7) is 18.4. The smallest absolute Gasteiger partial charge is 0.312 e. The molecule has 35 heavy (non-hydrogen) atoms. The van der Waals surface area contributed by atoms with Gasteiger partial charge in [0.2, 0.25) is 11.8 Å². The fourth-order valence-electron chi connectivity index (χ4n) is 6.72. The first-order chi connectivity index (χ1) is 16.3. The maximum Gasteiger partial charge on any atom is 0.312 e. The maximum atomic E-state index is 14.4. The molecule has 8 nitrogen and oxygen atoms in total. The number of likely N-dealkylation sites (tertiary alicyclic amines) is 1. The van der Waals surface area contributed by atoms with Crippen molar-refractivity contribution in [3.05, 3.63) is 25.3 Å². The molecule has 5 atom stereocenters. The van der Waals surface area contributed by atoms with Crippen LogP contribution in [-0.4, -0.2) is 82.3 Å². The third kappa shape index (κ3) is 4.92. The van der Waals surface area contributed by atoms with Crippen LogP contribution in [0.2, 0.25) is 0 Å². The molecule has 0 aromatic rings. The number of amides is 2. The van der Waals surface area contributed by atoms with Gasteiger partial charge in [-0.3, -0.25) is 14.4 Å². The van der Waals surface area contributed by atoms with E-state index in [0.717, 1.165) is 6.42 Å². The van der Waals surface area contributed by atoms with Gasteiger partial charge < -0.3 is 24.4 Å². The van der Waals surface area contributed by atoms with Crippen LogP contribution >= 0.6 is 0 Å². The lowest BCUT2D eigenvalue weighted by Crippen LogP contribution is -2.61. The average molecular weight is 491 g/mol. The van der Waals surface area contributed by atoms with E-state index in [1.165, 1.54) is 6.08 Å². The number of aliphatic hydroxyl groups excluding tert-OH is 1. The van der Waals surface area contributed by atoms with E-state index in [-0.39, 0.29) is 37.0 Å². The molecule has 0 aromatic heterocycles. The highest BCUT2D eigenvalue weighted by Crippen LogP contribution is 2.59. The minimum absolute atomic E-state index is 0.0333. The Morgan fingerprint density at radius 2 is 1.94 bits per heavy atom. The molecule has 2 bridgehead atoms. The first kappa shape index (κ1) is 27.4. The summed E-state index contributed by atoms with van der Waals surface area (Å²) in [5.41, 5.74) is -1.62. The quantitative estimate of drug-likeness (QED) is 0.353. The predicted octanol–water partition coefficient (Wildman–Crippen LogP) is 2.70. The molecular weight excluding hydrogens is 448 g/mol. The Hall–Kier alpha value is -2.19. The third-order valence-electron chi connectivity index (χ3n) is 7.48. The van der Waals surface area contributed by atoms with Crippen LogP contribution in [0.15, 0.2) is 25.3 Å². The fraction of sp³-hybridized carbons (Fsp3) is 0.741. The highest BCUT2D eigenvalue weighted by molar-refractivity contribution is 5.98. The molecular formula is C27H42N2O6. The van der Waals surface area contributed by atoms with E-state index in [1.807, 2.05) is 13.8 Å².